The largest absolute Gasteiger partial charge is 0.316 e. The molecule has 13 heavy (non-hydrogen) atoms. The van der Waals surface area contributed by atoms with Crippen molar-refractivity contribution in [2.45, 2.75) is 12.8 Å². The van der Waals surface area contributed by atoms with Crippen LogP contribution in [0.15, 0.2) is 12.4 Å². The van der Waals surface area contributed by atoms with E-state index < -0.39 is 0 Å². The zero-order valence-electron chi connectivity index (χ0n) is 7.96. The highest BCUT2D eigenvalue weighted by molar-refractivity contribution is 14.1. The summed E-state index contributed by atoms with van der Waals surface area (Å²) in [6, 6.07) is 0. The van der Waals surface area contributed by atoms with E-state index in [4.69, 9.17) is 0 Å². The summed E-state index contributed by atoms with van der Waals surface area (Å²) in [7, 11) is 1.95. The van der Waals surface area contributed by atoms with Gasteiger partial charge in [-0.25, -0.2) is 0 Å². The predicted octanol–water partition coefficient (Wildman–Crippen LogP) is 1.38. The maximum atomic E-state index is 4.12. The lowest BCUT2D eigenvalue weighted by Crippen LogP contribution is -2.18. The number of halogens is 1. The number of alkyl halides is 1. The highest BCUT2D eigenvalue weighted by Crippen LogP contribution is 1.96. The first-order valence-electron chi connectivity index (χ1n) is 4.57. The van der Waals surface area contributed by atoms with Gasteiger partial charge in [0.05, 0.1) is 6.20 Å². The van der Waals surface area contributed by atoms with Gasteiger partial charge in [0, 0.05) is 17.7 Å². The van der Waals surface area contributed by atoms with Crippen LogP contribution in [0.4, 0.5) is 0 Å². The summed E-state index contributed by atoms with van der Waals surface area (Å²) in [5, 5.41) is 7.52. The van der Waals surface area contributed by atoms with E-state index in [2.05, 4.69) is 39.2 Å². The molecule has 0 bridgehead atoms. The lowest BCUT2D eigenvalue weighted by Gasteiger charge is -2.00. The van der Waals surface area contributed by atoms with Crippen molar-refractivity contribution in [3.63, 3.8) is 0 Å². The Morgan fingerprint density at radius 2 is 2.38 bits per heavy atom. The molecule has 1 aromatic rings. The van der Waals surface area contributed by atoms with Gasteiger partial charge in [0.15, 0.2) is 0 Å². The van der Waals surface area contributed by atoms with Gasteiger partial charge >= 0.3 is 0 Å². The minimum atomic E-state index is 1.06. The molecule has 0 aliphatic rings. The standard InChI is InChI=1S/C9H16IN3/c1-13-8-9(7-12-13)3-6-11-5-2-4-10/h7-8,11H,2-6H2,1H3. The summed E-state index contributed by atoms with van der Waals surface area (Å²) >= 11 is 2.40. The molecule has 0 saturated carbocycles. The first-order chi connectivity index (χ1) is 6.33. The first kappa shape index (κ1) is 11.0. The molecule has 4 heteroatoms. The van der Waals surface area contributed by atoms with Crippen molar-refractivity contribution in [1.29, 1.82) is 0 Å². The monoisotopic (exact) mass is 293 g/mol. The smallest absolute Gasteiger partial charge is 0.0522 e. The van der Waals surface area contributed by atoms with Crippen LogP contribution >= 0.6 is 22.6 Å². The molecule has 0 spiro atoms. The van der Waals surface area contributed by atoms with Gasteiger partial charge < -0.3 is 5.32 Å². The normalized spacial score (nSPS) is 10.6. The van der Waals surface area contributed by atoms with E-state index in [1.165, 1.54) is 16.4 Å². The van der Waals surface area contributed by atoms with Crippen molar-refractivity contribution in [3.8, 4) is 0 Å². The first-order valence-corrected chi connectivity index (χ1v) is 6.09. The molecular formula is C9H16IN3. The van der Waals surface area contributed by atoms with Crippen molar-refractivity contribution >= 4 is 22.6 Å². The third-order valence-corrected chi connectivity index (χ3v) is 2.60. The molecule has 1 aromatic heterocycles. The van der Waals surface area contributed by atoms with Crippen LogP contribution in [0.5, 0.6) is 0 Å². The number of nitrogens with one attached hydrogen (secondary N) is 1. The van der Waals surface area contributed by atoms with Crippen molar-refractivity contribution in [2.75, 3.05) is 17.5 Å². The number of aryl methyl sites for hydroxylation is 1. The van der Waals surface area contributed by atoms with Crippen LogP contribution in [0.2, 0.25) is 0 Å². The second kappa shape index (κ2) is 6.37. The highest BCUT2D eigenvalue weighted by atomic mass is 127. The van der Waals surface area contributed by atoms with E-state index in [9.17, 15) is 0 Å². The second-order valence-electron chi connectivity index (χ2n) is 3.06. The van der Waals surface area contributed by atoms with Crippen LogP contribution in [-0.2, 0) is 13.5 Å². The molecule has 0 radical (unpaired) electrons. The summed E-state index contributed by atoms with van der Waals surface area (Å²) in [5.74, 6) is 0. The van der Waals surface area contributed by atoms with Crippen LogP contribution in [0.1, 0.15) is 12.0 Å². The van der Waals surface area contributed by atoms with E-state index in [0.717, 1.165) is 19.5 Å². The van der Waals surface area contributed by atoms with Crippen molar-refractivity contribution in [3.05, 3.63) is 18.0 Å². The van der Waals surface area contributed by atoms with E-state index in [-0.39, 0.29) is 0 Å². The molecule has 0 aliphatic heterocycles. The second-order valence-corrected chi connectivity index (χ2v) is 4.14. The van der Waals surface area contributed by atoms with E-state index >= 15 is 0 Å². The average Bonchev–Trinajstić information content (AvgIpc) is 2.51. The third kappa shape index (κ3) is 4.61. The fourth-order valence-corrected chi connectivity index (χ4v) is 1.53. The molecule has 0 atom stereocenters. The van der Waals surface area contributed by atoms with Crippen molar-refractivity contribution in [1.82, 2.24) is 15.1 Å². The van der Waals surface area contributed by atoms with Gasteiger partial charge in [0.2, 0.25) is 0 Å². The molecule has 0 amide bonds. The fourth-order valence-electron chi connectivity index (χ4n) is 1.15. The fraction of sp³-hybridized carbons (Fsp3) is 0.667. The minimum absolute atomic E-state index is 1.06. The van der Waals surface area contributed by atoms with Gasteiger partial charge in [-0.3, -0.25) is 4.68 Å². The average molecular weight is 293 g/mol. The molecular weight excluding hydrogens is 277 g/mol. The van der Waals surface area contributed by atoms with Gasteiger partial charge in [0.1, 0.15) is 0 Å². The Morgan fingerprint density at radius 3 is 3.00 bits per heavy atom. The maximum absolute atomic E-state index is 4.12. The molecule has 74 valence electrons. The van der Waals surface area contributed by atoms with E-state index in [1.807, 2.05) is 17.9 Å². The van der Waals surface area contributed by atoms with E-state index in [0.29, 0.717) is 0 Å². The number of hydrogen-bond donors (Lipinski definition) is 1. The van der Waals surface area contributed by atoms with Crippen LogP contribution < -0.4 is 5.32 Å². The van der Waals surface area contributed by atoms with Gasteiger partial charge in [-0.05, 0) is 31.5 Å². The van der Waals surface area contributed by atoms with Gasteiger partial charge in [0.25, 0.3) is 0 Å². The van der Waals surface area contributed by atoms with E-state index in [1.54, 1.807) is 0 Å². The Bertz CT molecular complexity index is 235. The number of rotatable bonds is 6. The molecule has 1 heterocycles. The summed E-state index contributed by atoms with van der Waals surface area (Å²) in [6.07, 6.45) is 6.34. The summed E-state index contributed by atoms with van der Waals surface area (Å²) < 4.78 is 3.08. The summed E-state index contributed by atoms with van der Waals surface area (Å²) in [5.41, 5.74) is 1.31. The quantitative estimate of drug-likeness (QED) is 0.488. The van der Waals surface area contributed by atoms with Gasteiger partial charge in [-0.2, -0.15) is 5.10 Å². The van der Waals surface area contributed by atoms with Crippen LogP contribution in [0.25, 0.3) is 0 Å². The minimum Gasteiger partial charge on any atom is -0.316 e. The van der Waals surface area contributed by atoms with Crippen molar-refractivity contribution in [2.24, 2.45) is 7.05 Å². The number of nitrogens with zero attached hydrogens (tertiary/aromatic N) is 2. The Kier molecular flexibility index (Phi) is 5.38. The Morgan fingerprint density at radius 1 is 1.54 bits per heavy atom. The summed E-state index contributed by atoms with van der Waals surface area (Å²) in [6.45, 7) is 2.19. The highest BCUT2D eigenvalue weighted by Gasteiger charge is 1.94. The zero-order valence-corrected chi connectivity index (χ0v) is 10.1. The molecule has 0 saturated heterocycles. The van der Waals surface area contributed by atoms with Crippen molar-refractivity contribution < 1.29 is 0 Å². The molecule has 0 aromatic carbocycles. The van der Waals surface area contributed by atoms with Crippen LogP contribution in [0.3, 0.4) is 0 Å². The molecule has 0 fully saturated rings. The topological polar surface area (TPSA) is 29.9 Å². The molecule has 0 aliphatic carbocycles. The predicted molar refractivity (Wildman–Crippen MR) is 63.3 cm³/mol. The lowest BCUT2D eigenvalue weighted by atomic mass is 10.2. The van der Waals surface area contributed by atoms with Crippen LogP contribution in [0, 0.1) is 0 Å². The lowest BCUT2D eigenvalue weighted by molar-refractivity contribution is 0.676. The van der Waals surface area contributed by atoms with Gasteiger partial charge in [-0.15, -0.1) is 0 Å². The zero-order chi connectivity index (χ0) is 9.52. The van der Waals surface area contributed by atoms with Gasteiger partial charge in [-0.1, -0.05) is 22.6 Å². The Balaban J connectivity index is 2.06. The molecule has 1 rings (SSSR count). The Hall–Kier alpha value is -0.100. The Labute approximate surface area is 93.0 Å². The molecule has 0 unspecified atom stereocenters. The number of hydrogen-bond acceptors (Lipinski definition) is 2. The summed E-state index contributed by atoms with van der Waals surface area (Å²) in [4.78, 5) is 0. The van der Waals surface area contributed by atoms with Crippen LogP contribution in [-0.4, -0.2) is 27.3 Å². The SMILES string of the molecule is Cn1cc(CCNCCCI)cn1. The molecule has 1 N–H and O–H groups in total. The maximum Gasteiger partial charge on any atom is 0.0522 e. The molecule has 3 nitrogen and oxygen atoms in total. The third-order valence-electron chi connectivity index (χ3n) is 1.84. The number of aromatic nitrogens is 2.